The zero-order valence-electron chi connectivity index (χ0n) is 4.21. The Morgan fingerprint density at radius 3 is 1.71 bits per heavy atom. The van der Waals surface area contributed by atoms with Crippen molar-refractivity contribution >= 4 is 11.6 Å². The van der Waals surface area contributed by atoms with Crippen molar-refractivity contribution in [2.75, 3.05) is 0 Å². The second kappa shape index (κ2) is 1.95. The molecule has 0 aliphatic heterocycles. The van der Waals surface area contributed by atoms with E-state index in [-0.39, 0.29) is 0 Å². The van der Waals surface area contributed by atoms with Crippen LogP contribution in [0.25, 0.3) is 0 Å². The van der Waals surface area contributed by atoms with Gasteiger partial charge in [-0.3, -0.25) is 0 Å². The highest BCUT2D eigenvalue weighted by Crippen LogP contribution is 2.20. The normalized spacial score (nSPS) is 16.7. The molecule has 0 spiro atoms. The van der Waals surface area contributed by atoms with Crippen molar-refractivity contribution < 1.29 is 8.78 Å². The summed E-state index contributed by atoms with van der Waals surface area (Å²) in [6.07, 6.45) is 0. The molecule has 7 heavy (non-hydrogen) atoms. The number of alkyl halides is 3. The largest absolute Gasteiger partial charge is 0.240 e. The van der Waals surface area contributed by atoms with Crippen molar-refractivity contribution in [2.24, 2.45) is 0 Å². The van der Waals surface area contributed by atoms with Crippen molar-refractivity contribution in [2.45, 2.75) is 25.1 Å². The Bertz CT molecular complexity index is 55.2. The topological polar surface area (TPSA) is 0 Å². The monoisotopic (exact) mass is 128 g/mol. The molecule has 0 aromatic heterocycles. The van der Waals surface area contributed by atoms with Crippen molar-refractivity contribution in [3.63, 3.8) is 0 Å². The van der Waals surface area contributed by atoms with Crippen LogP contribution >= 0.6 is 11.6 Å². The van der Waals surface area contributed by atoms with Crippen LogP contribution in [0.15, 0.2) is 0 Å². The van der Waals surface area contributed by atoms with Gasteiger partial charge in [-0.05, 0) is 13.8 Å². The van der Waals surface area contributed by atoms with Crippen LogP contribution in [0.3, 0.4) is 0 Å². The van der Waals surface area contributed by atoms with Gasteiger partial charge in [0.15, 0.2) is 0 Å². The molecule has 0 saturated carbocycles. The first-order chi connectivity index (χ1) is 2.94. The Kier molecular flexibility index (Phi) is 1.99. The van der Waals surface area contributed by atoms with Gasteiger partial charge in [0, 0.05) is 0 Å². The molecule has 0 rings (SSSR count). The van der Waals surface area contributed by atoms with Gasteiger partial charge in [-0.25, -0.2) is 8.78 Å². The van der Waals surface area contributed by atoms with Gasteiger partial charge in [0.25, 0.3) is 0 Å². The molecule has 0 aromatic rings. The average molecular weight is 129 g/mol. The maximum absolute atomic E-state index is 12.0. The zero-order valence-corrected chi connectivity index (χ0v) is 4.97. The van der Waals surface area contributed by atoms with E-state index in [1.807, 2.05) is 0 Å². The summed E-state index contributed by atoms with van der Waals surface area (Å²) in [7, 11) is 0. The first kappa shape index (κ1) is 7.15. The third-order valence-electron chi connectivity index (χ3n) is 0.519. The van der Waals surface area contributed by atoms with E-state index in [4.69, 9.17) is 11.6 Å². The van der Waals surface area contributed by atoms with Gasteiger partial charge >= 0.3 is 0 Å². The molecule has 0 aliphatic carbocycles. The fraction of sp³-hybridized carbons (Fsp3) is 1.00. The molecular weight excluding hydrogens is 121 g/mol. The highest BCUT2D eigenvalue weighted by Gasteiger charge is 2.25. The van der Waals surface area contributed by atoms with Gasteiger partial charge in [0.2, 0.25) is 5.63 Å². The molecule has 3 heteroatoms. The number of halogens is 3. The summed E-state index contributed by atoms with van der Waals surface area (Å²) in [6, 6.07) is 0. The summed E-state index contributed by atoms with van der Waals surface area (Å²) in [5, 5.41) is 0. The minimum Gasteiger partial charge on any atom is -0.240 e. The van der Waals surface area contributed by atoms with E-state index >= 15 is 0 Å². The summed E-state index contributed by atoms with van der Waals surface area (Å²) < 4.78 is 23.6. The Hall–Kier alpha value is 0.150. The molecule has 0 amide bonds. The van der Waals surface area contributed by atoms with Crippen LogP contribution in [-0.2, 0) is 0 Å². The van der Waals surface area contributed by atoms with Crippen LogP contribution in [0, 0.1) is 0 Å². The molecule has 0 N–H and O–H groups in total. The number of hydrogen-bond acceptors (Lipinski definition) is 0. The molecule has 0 aliphatic rings. The second-order valence-electron chi connectivity index (χ2n) is 1.87. The van der Waals surface area contributed by atoms with Crippen LogP contribution in [0.1, 0.15) is 13.8 Å². The Morgan fingerprint density at radius 1 is 1.57 bits per heavy atom. The first-order valence-electron chi connectivity index (χ1n) is 1.91. The standard InChI is InChI=1S/C4H7ClF2/c1-4(2,7)3(5)6/h3H,1-2H3/t3-/m0/s1. The molecule has 0 nitrogen and oxygen atoms in total. The minimum absolute atomic E-state index is 1.09. The fourth-order valence-electron chi connectivity index (χ4n) is 0. The third kappa shape index (κ3) is 2.80. The smallest absolute Gasteiger partial charge is 0.206 e. The molecule has 0 bridgehead atoms. The van der Waals surface area contributed by atoms with E-state index in [1.54, 1.807) is 0 Å². The fourth-order valence-corrected chi connectivity index (χ4v) is 0. The predicted molar refractivity (Wildman–Crippen MR) is 25.9 cm³/mol. The van der Waals surface area contributed by atoms with Gasteiger partial charge in [-0.15, -0.1) is 0 Å². The molecule has 1 atom stereocenters. The van der Waals surface area contributed by atoms with Crippen molar-refractivity contribution in [1.29, 1.82) is 0 Å². The quantitative estimate of drug-likeness (QED) is 0.476. The van der Waals surface area contributed by atoms with E-state index in [0.29, 0.717) is 0 Å². The highest BCUT2D eigenvalue weighted by atomic mass is 35.5. The number of hydrogen-bond donors (Lipinski definition) is 0. The van der Waals surface area contributed by atoms with Crippen molar-refractivity contribution in [3.8, 4) is 0 Å². The zero-order chi connectivity index (χ0) is 6.08. The van der Waals surface area contributed by atoms with Crippen LogP contribution in [0.5, 0.6) is 0 Å². The molecule has 0 radical (unpaired) electrons. The minimum atomic E-state index is -1.90. The molecular formula is C4H7ClF2. The second-order valence-corrected chi connectivity index (χ2v) is 2.25. The Morgan fingerprint density at radius 2 is 1.71 bits per heavy atom. The summed E-state index contributed by atoms with van der Waals surface area (Å²) in [6.45, 7) is 2.18. The third-order valence-corrected chi connectivity index (χ3v) is 1.04. The molecule has 0 unspecified atom stereocenters. The van der Waals surface area contributed by atoms with Crippen LogP contribution < -0.4 is 0 Å². The maximum Gasteiger partial charge on any atom is 0.206 e. The van der Waals surface area contributed by atoms with Crippen molar-refractivity contribution in [3.05, 3.63) is 0 Å². The lowest BCUT2D eigenvalue weighted by Crippen LogP contribution is -2.21. The van der Waals surface area contributed by atoms with Crippen LogP contribution in [-0.4, -0.2) is 11.3 Å². The van der Waals surface area contributed by atoms with E-state index in [9.17, 15) is 8.78 Å². The Balaban J connectivity index is 3.54. The van der Waals surface area contributed by atoms with Crippen LogP contribution in [0.4, 0.5) is 8.78 Å². The van der Waals surface area contributed by atoms with Gasteiger partial charge in [-0.1, -0.05) is 11.6 Å². The lowest BCUT2D eigenvalue weighted by Gasteiger charge is -2.11. The molecule has 0 fully saturated rings. The summed E-state index contributed by atoms with van der Waals surface area (Å²) in [5.41, 5.74) is -3.80. The summed E-state index contributed by atoms with van der Waals surface area (Å²) >= 11 is 4.71. The van der Waals surface area contributed by atoms with Crippen LogP contribution in [0.2, 0.25) is 0 Å². The molecule has 44 valence electrons. The average Bonchev–Trinajstić information content (AvgIpc) is 1.31. The Labute approximate surface area is 46.5 Å². The van der Waals surface area contributed by atoms with E-state index < -0.39 is 11.3 Å². The maximum atomic E-state index is 12.0. The lowest BCUT2D eigenvalue weighted by atomic mass is 10.2. The summed E-state index contributed by atoms with van der Waals surface area (Å²) in [5.74, 6) is 0. The lowest BCUT2D eigenvalue weighted by molar-refractivity contribution is 0.138. The van der Waals surface area contributed by atoms with Gasteiger partial charge < -0.3 is 0 Å². The highest BCUT2D eigenvalue weighted by molar-refractivity contribution is 6.20. The van der Waals surface area contributed by atoms with Gasteiger partial charge in [0.1, 0.15) is 5.67 Å². The van der Waals surface area contributed by atoms with E-state index in [1.165, 1.54) is 0 Å². The predicted octanol–water partition coefficient (Wildman–Crippen LogP) is 2.27. The summed E-state index contributed by atoms with van der Waals surface area (Å²) in [4.78, 5) is 0. The first-order valence-corrected chi connectivity index (χ1v) is 2.35. The van der Waals surface area contributed by atoms with E-state index in [2.05, 4.69) is 0 Å². The molecule has 0 saturated heterocycles. The molecule has 0 heterocycles. The van der Waals surface area contributed by atoms with E-state index in [0.717, 1.165) is 13.8 Å². The SMILES string of the molecule is CC(C)(F)[C@H](F)Cl. The van der Waals surface area contributed by atoms with Gasteiger partial charge in [0.05, 0.1) is 0 Å². The molecule has 0 aromatic carbocycles. The number of rotatable bonds is 1. The van der Waals surface area contributed by atoms with Gasteiger partial charge in [-0.2, -0.15) is 0 Å². The van der Waals surface area contributed by atoms with Crippen molar-refractivity contribution in [1.82, 2.24) is 0 Å².